The van der Waals surface area contributed by atoms with Crippen molar-refractivity contribution in [1.29, 1.82) is 0 Å². The van der Waals surface area contributed by atoms with Gasteiger partial charge in [-0.05, 0) is 49.7 Å². The molecule has 1 heterocycles. The fourth-order valence-corrected chi connectivity index (χ4v) is 2.65. The van der Waals surface area contributed by atoms with Gasteiger partial charge in [0, 0.05) is 12.1 Å². The molecule has 20 heavy (non-hydrogen) atoms. The number of hydrogen-bond donors (Lipinski definition) is 1. The molecule has 2 aromatic carbocycles. The van der Waals surface area contributed by atoms with Crippen molar-refractivity contribution in [3.8, 4) is 17.1 Å². The van der Waals surface area contributed by atoms with Gasteiger partial charge >= 0.3 is 0 Å². The first kappa shape index (κ1) is 13.0. The van der Waals surface area contributed by atoms with Crippen molar-refractivity contribution in [3.63, 3.8) is 0 Å². The lowest BCUT2D eigenvalue weighted by Crippen LogP contribution is -1.97. The number of fused-ring (bicyclic) bond motifs is 1. The first-order chi connectivity index (χ1) is 9.60. The van der Waals surface area contributed by atoms with Gasteiger partial charge in [-0.25, -0.2) is 4.98 Å². The molecule has 0 amide bonds. The third-order valence-corrected chi connectivity index (χ3v) is 3.74. The van der Waals surface area contributed by atoms with Gasteiger partial charge in [-0.3, -0.25) is 0 Å². The van der Waals surface area contributed by atoms with Gasteiger partial charge in [-0.1, -0.05) is 17.7 Å². The van der Waals surface area contributed by atoms with E-state index in [1.807, 2.05) is 6.92 Å². The number of aryl methyl sites for hydroxylation is 2. The van der Waals surface area contributed by atoms with Gasteiger partial charge in [0.1, 0.15) is 11.6 Å². The topological polar surface area (TPSA) is 38.0 Å². The van der Waals surface area contributed by atoms with E-state index in [-0.39, 0.29) is 5.75 Å². The first-order valence-corrected chi connectivity index (χ1v) is 6.93. The summed E-state index contributed by atoms with van der Waals surface area (Å²) in [4.78, 5) is 4.68. The zero-order valence-electron chi connectivity index (χ0n) is 11.4. The van der Waals surface area contributed by atoms with Crippen molar-refractivity contribution in [3.05, 3.63) is 47.0 Å². The Bertz CT molecular complexity index is 793. The van der Waals surface area contributed by atoms with Gasteiger partial charge in [0.2, 0.25) is 0 Å². The second kappa shape index (κ2) is 4.84. The highest BCUT2D eigenvalue weighted by Gasteiger charge is 2.14. The molecule has 0 bridgehead atoms. The lowest BCUT2D eigenvalue weighted by Gasteiger charge is -2.08. The lowest BCUT2D eigenvalue weighted by atomic mass is 10.2. The zero-order chi connectivity index (χ0) is 14.3. The molecule has 0 aliphatic heterocycles. The molecule has 3 aromatic rings. The van der Waals surface area contributed by atoms with Gasteiger partial charge in [0.15, 0.2) is 0 Å². The summed E-state index contributed by atoms with van der Waals surface area (Å²) in [5, 5.41) is 10.3. The Hall–Kier alpha value is -2.00. The predicted octanol–water partition coefficient (Wildman–Crippen LogP) is 4.39. The van der Waals surface area contributed by atoms with Gasteiger partial charge in [0.05, 0.1) is 16.1 Å². The summed E-state index contributed by atoms with van der Waals surface area (Å²) >= 11 is 6.25. The molecule has 0 saturated heterocycles. The number of halogens is 1. The van der Waals surface area contributed by atoms with Gasteiger partial charge in [0.25, 0.3) is 0 Å². The maximum atomic E-state index is 9.69. The summed E-state index contributed by atoms with van der Waals surface area (Å²) in [7, 11) is 0. The van der Waals surface area contributed by atoms with Crippen LogP contribution in [-0.4, -0.2) is 14.7 Å². The van der Waals surface area contributed by atoms with Gasteiger partial charge < -0.3 is 9.67 Å². The minimum absolute atomic E-state index is 0.190. The Labute approximate surface area is 122 Å². The van der Waals surface area contributed by atoms with Crippen molar-refractivity contribution in [2.75, 3.05) is 0 Å². The van der Waals surface area contributed by atoms with E-state index >= 15 is 0 Å². The Morgan fingerprint density at radius 2 is 2.00 bits per heavy atom. The third kappa shape index (κ3) is 2.04. The summed E-state index contributed by atoms with van der Waals surface area (Å²) in [6.07, 6.45) is 0. The predicted molar refractivity (Wildman–Crippen MR) is 82.3 cm³/mol. The van der Waals surface area contributed by atoms with E-state index < -0.39 is 0 Å². The standard InChI is InChI=1S/C16H15ClN2O/c1-3-19-15-7-4-10(2)8-14(15)18-16(19)12-9-11(20)5-6-13(12)17/h4-9,20H,3H2,1-2H3. The first-order valence-electron chi connectivity index (χ1n) is 6.56. The average Bonchev–Trinajstić information content (AvgIpc) is 2.78. The van der Waals surface area contributed by atoms with Crippen molar-refractivity contribution >= 4 is 22.6 Å². The number of rotatable bonds is 2. The number of hydrogen-bond acceptors (Lipinski definition) is 2. The molecule has 0 unspecified atom stereocenters. The number of nitrogens with zero attached hydrogens (tertiary/aromatic N) is 2. The van der Waals surface area contributed by atoms with E-state index in [1.54, 1.807) is 18.2 Å². The van der Waals surface area contributed by atoms with Crippen LogP contribution in [0.3, 0.4) is 0 Å². The lowest BCUT2D eigenvalue weighted by molar-refractivity contribution is 0.475. The fourth-order valence-electron chi connectivity index (χ4n) is 2.45. The van der Waals surface area contributed by atoms with Crippen LogP contribution in [0, 0.1) is 6.92 Å². The molecule has 4 heteroatoms. The summed E-state index contributed by atoms with van der Waals surface area (Å²) in [5.74, 6) is 0.976. The normalized spacial score (nSPS) is 11.2. The molecular weight excluding hydrogens is 272 g/mol. The highest BCUT2D eigenvalue weighted by molar-refractivity contribution is 6.33. The molecule has 1 N–H and O–H groups in total. The summed E-state index contributed by atoms with van der Waals surface area (Å²) in [5.41, 5.74) is 3.95. The quantitative estimate of drug-likeness (QED) is 0.759. The Kier molecular flexibility index (Phi) is 3.14. The third-order valence-electron chi connectivity index (χ3n) is 3.41. The van der Waals surface area contributed by atoms with E-state index in [1.165, 1.54) is 5.56 Å². The Balaban J connectivity index is 2.32. The van der Waals surface area contributed by atoms with Crippen LogP contribution >= 0.6 is 11.6 Å². The molecule has 1 aromatic heterocycles. The molecule has 0 fully saturated rings. The van der Waals surface area contributed by atoms with Gasteiger partial charge in [-0.15, -0.1) is 0 Å². The summed E-state index contributed by atoms with van der Waals surface area (Å²) < 4.78 is 2.11. The second-order valence-electron chi connectivity index (χ2n) is 4.84. The van der Waals surface area contributed by atoms with Crippen LogP contribution in [-0.2, 0) is 6.54 Å². The van der Waals surface area contributed by atoms with Crippen molar-refractivity contribution in [2.45, 2.75) is 20.4 Å². The smallest absolute Gasteiger partial charge is 0.142 e. The van der Waals surface area contributed by atoms with Crippen LogP contribution in [0.1, 0.15) is 12.5 Å². The molecule has 0 saturated carbocycles. The van der Waals surface area contributed by atoms with Crippen molar-refractivity contribution in [1.82, 2.24) is 9.55 Å². The van der Waals surface area contributed by atoms with Crippen LogP contribution in [0.15, 0.2) is 36.4 Å². The van der Waals surface area contributed by atoms with Crippen molar-refractivity contribution in [2.24, 2.45) is 0 Å². The van der Waals surface area contributed by atoms with E-state index in [4.69, 9.17) is 11.6 Å². The van der Waals surface area contributed by atoms with Crippen LogP contribution in [0.2, 0.25) is 5.02 Å². The highest BCUT2D eigenvalue weighted by atomic mass is 35.5. The second-order valence-corrected chi connectivity index (χ2v) is 5.24. The van der Waals surface area contributed by atoms with Crippen molar-refractivity contribution < 1.29 is 5.11 Å². The summed E-state index contributed by atoms with van der Waals surface area (Å²) in [6.45, 7) is 4.91. The molecule has 3 nitrogen and oxygen atoms in total. The van der Waals surface area contributed by atoms with Crippen LogP contribution in [0.25, 0.3) is 22.4 Å². The maximum absolute atomic E-state index is 9.69. The molecule has 0 radical (unpaired) electrons. The number of benzene rings is 2. The molecule has 0 aliphatic carbocycles. The fraction of sp³-hybridized carbons (Fsp3) is 0.188. The molecule has 102 valence electrons. The zero-order valence-corrected chi connectivity index (χ0v) is 12.1. The van der Waals surface area contributed by atoms with E-state index in [2.05, 4.69) is 34.7 Å². The van der Waals surface area contributed by atoms with E-state index in [9.17, 15) is 5.11 Å². The average molecular weight is 287 g/mol. The Morgan fingerprint density at radius 1 is 1.20 bits per heavy atom. The van der Waals surface area contributed by atoms with Crippen LogP contribution < -0.4 is 0 Å². The van der Waals surface area contributed by atoms with Crippen LogP contribution in [0.4, 0.5) is 0 Å². The van der Waals surface area contributed by atoms with Crippen LogP contribution in [0.5, 0.6) is 5.75 Å². The minimum Gasteiger partial charge on any atom is -0.508 e. The largest absolute Gasteiger partial charge is 0.508 e. The molecular formula is C16H15ClN2O. The monoisotopic (exact) mass is 286 g/mol. The highest BCUT2D eigenvalue weighted by Crippen LogP contribution is 2.33. The molecule has 3 rings (SSSR count). The SMILES string of the molecule is CCn1c(-c2cc(O)ccc2Cl)nc2cc(C)ccc21. The summed E-state index contributed by atoms with van der Waals surface area (Å²) in [6, 6.07) is 11.1. The molecule has 0 atom stereocenters. The Morgan fingerprint density at radius 3 is 2.75 bits per heavy atom. The van der Waals surface area contributed by atoms with Gasteiger partial charge in [-0.2, -0.15) is 0 Å². The maximum Gasteiger partial charge on any atom is 0.142 e. The molecule has 0 aliphatic rings. The number of aromatic nitrogens is 2. The number of imidazole rings is 1. The molecule has 0 spiro atoms. The van der Waals surface area contributed by atoms with E-state index in [0.29, 0.717) is 5.02 Å². The number of phenolic OH excluding ortho intramolecular Hbond substituents is 1. The van der Waals surface area contributed by atoms with E-state index in [0.717, 1.165) is 29.0 Å². The number of phenols is 1. The minimum atomic E-state index is 0.190. The number of aromatic hydroxyl groups is 1.